The first kappa shape index (κ1) is 26.8. The third-order valence-electron chi connectivity index (χ3n) is 5.77. The quantitative estimate of drug-likeness (QED) is 0.149. The van der Waals surface area contributed by atoms with Gasteiger partial charge < -0.3 is 0 Å². The first-order valence-electron chi connectivity index (χ1n) is 10.9. The van der Waals surface area contributed by atoms with Crippen LogP contribution in [0.3, 0.4) is 0 Å². The SMILES string of the molecule is Fc1c(F)c(F)c(Cn2cc(-c3cccc(-c4cn(Cc5c(F)c(F)c(F)c(F)c5F)nn4)c3)nn2)c(F)c1F. The van der Waals surface area contributed by atoms with Crippen LogP contribution in [0.1, 0.15) is 11.1 Å². The summed E-state index contributed by atoms with van der Waals surface area (Å²) in [4.78, 5) is 0. The number of hydrogen-bond acceptors (Lipinski definition) is 4. The van der Waals surface area contributed by atoms with E-state index in [1.165, 1.54) is 36.7 Å². The van der Waals surface area contributed by atoms with Gasteiger partial charge in [0.15, 0.2) is 46.5 Å². The van der Waals surface area contributed by atoms with Gasteiger partial charge in [-0.3, -0.25) is 0 Å². The molecule has 0 aliphatic heterocycles. The van der Waals surface area contributed by atoms with E-state index in [0.717, 1.165) is 9.36 Å². The highest BCUT2D eigenvalue weighted by Crippen LogP contribution is 2.27. The lowest BCUT2D eigenvalue weighted by Gasteiger charge is -2.07. The summed E-state index contributed by atoms with van der Waals surface area (Å²) >= 11 is 0. The molecule has 6 nitrogen and oxygen atoms in total. The van der Waals surface area contributed by atoms with Crippen LogP contribution in [0, 0.1) is 58.2 Å². The number of nitrogens with zero attached hydrogens (tertiary/aromatic N) is 6. The molecule has 0 aliphatic carbocycles. The molecule has 16 heteroatoms. The summed E-state index contributed by atoms with van der Waals surface area (Å²) in [5.74, 6) is -21.0. The molecule has 40 heavy (non-hydrogen) atoms. The summed E-state index contributed by atoms with van der Waals surface area (Å²) in [7, 11) is 0. The summed E-state index contributed by atoms with van der Waals surface area (Å²) in [6.45, 7) is -1.66. The third-order valence-corrected chi connectivity index (χ3v) is 5.77. The highest BCUT2D eigenvalue weighted by atomic mass is 19.2. The van der Waals surface area contributed by atoms with Crippen LogP contribution in [-0.2, 0) is 13.1 Å². The maximum Gasteiger partial charge on any atom is 0.200 e. The standard InChI is InChI=1S/C24H10F10N6/c25-15-11(16(26)20(30)23(33)19(15)29)5-39-7-13(35-37-39)9-2-1-3-10(4-9)14-8-40(38-36-14)6-12-17(27)21(31)24(34)22(32)18(12)28/h1-4,7-8H,5-6H2. The van der Waals surface area contributed by atoms with Gasteiger partial charge in [0.2, 0.25) is 11.6 Å². The predicted octanol–water partition coefficient (Wildman–Crippen LogP) is 5.69. The lowest BCUT2D eigenvalue weighted by molar-refractivity contribution is 0.366. The van der Waals surface area contributed by atoms with Crippen LogP contribution >= 0.6 is 0 Å². The van der Waals surface area contributed by atoms with Gasteiger partial charge in [0, 0.05) is 11.1 Å². The van der Waals surface area contributed by atoms with E-state index in [1.54, 1.807) is 0 Å². The summed E-state index contributed by atoms with van der Waals surface area (Å²) < 4.78 is 138. The fraction of sp³-hybridized carbons (Fsp3) is 0.0833. The molecule has 0 fully saturated rings. The number of halogens is 10. The second-order valence-electron chi connectivity index (χ2n) is 8.28. The Labute approximate surface area is 216 Å². The van der Waals surface area contributed by atoms with Crippen molar-refractivity contribution in [3.63, 3.8) is 0 Å². The summed E-state index contributed by atoms with van der Waals surface area (Å²) in [6, 6.07) is 6.08. The molecular formula is C24H10F10N6. The molecule has 0 bridgehead atoms. The zero-order chi connectivity index (χ0) is 28.9. The van der Waals surface area contributed by atoms with Crippen molar-refractivity contribution in [2.45, 2.75) is 13.1 Å². The van der Waals surface area contributed by atoms with E-state index in [9.17, 15) is 43.9 Å². The Bertz CT molecular complexity index is 1600. The maximum atomic E-state index is 14.0. The molecule has 0 N–H and O–H groups in total. The van der Waals surface area contributed by atoms with Crippen molar-refractivity contribution in [2.75, 3.05) is 0 Å². The van der Waals surface area contributed by atoms with Crippen molar-refractivity contribution >= 4 is 0 Å². The molecule has 0 radical (unpaired) electrons. The molecule has 2 aromatic heterocycles. The molecule has 206 valence electrons. The molecule has 5 rings (SSSR count). The minimum atomic E-state index is -2.29. The van der Waals surface area contributed by atoms with E-state index in [0.29, 0.717) is 11.1 Å². The summed E-state index contributed by atoms with van der Waals surface area (Å²) in [5.41, 5.74) is -1.27. The molecule has 0 unspecified atom stereocenters. The molecule has 0 saturated heterocycles. The largest absolute Gasteiger partial charge is 0.247 e. The van der Waals surface area contributed by atoms with Gasteiger partial charge in [-0.05, 0) is 6.07 Å². The van der Waals surface area contributed by atoms with Crippen molar-refractivity contribution in [3.05, 3.63) is 106 Å². The molecule has 0 spiro atoms. The van der Waals surface area contributed by atoms with Crippen LogP contribution in [0.2, 0.25) is 0 Å². The molecule has 0 saturated carbocycles. The highest BCUT2D eigenvalue weighted by molar-refractivity contribution is 5.68. The molecule has 2 heterocycles. The molecule has 0 aliphatic rings. The normalized spacial score (nSPS) is 11.4. The van der Waals surface area contributed by atoms with Gasteiger partial charge in [-0.1, -0.05) is 28.6 Å². The molecule has 5 aromatic rings. The van der Waals surface area contributed by atoms with Crippen molar-refractivity contribution in [1.29, 1.82) is 0 Å². The predicted molar refractivity (Wildman–Crippen MR) is 115 cm³/mol. The fourth-order valence-electron chi connectivity index (χ4n) is 3.76. The van der Waals surface area contributed by atoms with Crippen molar-refractivity contribution < 1.29 is 43.9 Å². The van der Waals surface area contributed by atoms with Crippen LogP contribution < -0.4 is 0 Å². The molecular weight excluding hydrogens is 562 g/mol. The van der Waals surface area contributed by atoms with E-state index in [2.05, 4.69) is 20.6 Å². The van der Waals surface area contributed by atoms with Crippen molar-refractivity contribution in [2.24, 2.45) is 0 Å². The number of rotatable bonds is 6. The maximum absolute atomic E-state index is 14.0. The van der Waals surface area contributed by atoms with Crippen LogP contribution in [0.4, 0.5) is 43.9 Å². The first-order chi connectivity index (χ1) is 19.0. The monoisotopic (exact) mass is 572 g/mol. The van der Waals surface area contributed by atoms with Crippen molar-refractivity contribution in [3.8, 4) is 22.5 Å². The Morgan fingerprint density at radius 3 is 1.15 bits per heavy atom. The fourth-order valence-corrected chi connectivity index (χ4v) is 3.76. The minimum Gasteiger partial charge on any atom is -0.247 e. The second kappa shape index (κ2) is 10.1. The van der Waals surface area contributed by atoms with E-state index in [4.69, 9.17) is 0 Å². The first-order valence-corrected chi connectivity index (χ1v) is 10.9. The van der Waals surface area contributed by atoms with Gasteiger partial charge in [-0.2, -0.15) is 0 Å². The third kappa shape index (κ3) is 4.54. The molecule has 0 atom stereocenters. The van der Waals surface area contributed by atoms with E-state index < -0.39 is 82.4 Å². The zero-order valence-corrected chi connectivity index (χ0v) is 19.3. The van der Waals surface area contributed by atoms with Crippen LogP contribution in [0.5, 0.6) is 0 Å². The Morgan fingerprint density at radius 1 is 0.475 bits per heavy atom. The van der Waals surface area contributed by atoms with E-state index in [1.807, 2.05) is 0 Å². The Kier molecular flexibility index (Phi) is 6.77. The lowest BCUT2D eigenvalue weighted by atomic mass is 10.1. The number of aromatic nitrogens is 6. The van der Waals surface area contributed by atoms with Crippen LogP contribution in [-0.4, -0.2) is 30.0 Å². The van der Waals surface area contributed by atoms with Gasteiger partial charge in [-0.25, -0.2) is 53.3 Å². The average Bonchev–Trinajstić information content (AvgIpc) is 3.63. The molecule has 3 aromatic carbocycles. The van der Waals surface area contributed by atoms with Crippen LogP contribution in [0.15, 0.2) is 36.7 Å². The Balaban J connectivity index is 1.39. The van der Waals surface area contributed by atoms with Gasteiger partial charge >= 0.3 is 0 Å². The van der Waals surface area contributed by atoms with Gasteiger partial charge in [-0.15, -0.1) is 10.2 Å². The number of hydrogen-bond donors (Lipinski definition) is 0. The van der Waals surface area contributed by atoms with Gasteiger partial charge in [0.1, 0.15) is 11.4 Å². The zero-order valence-electron chi connectivity index (χ0n) is 19.3. The average molecular weight is 572 g/mol. The van der Waals surface area contributed by atoms with Gasteiger partial charge in [0.25, 0.3) is 0 Å². The summed E-state index contributed by atoms with van der Waals surface area (Å²) in [6.07, 6.45) is 2.36. The highest BCUT2D eigenvalue weighted by Gasteiger charge is 2.27. The molecule has 0 amide bonds. The topological polar surface area (TPSA) is 61.4 Å². The van der Waals surface area contributed by atoms with Crippen LogP contribution in [0.25, 0.3) is 22.5 Å². The van der Waals surface area contributed by atoms with Crippen molar-refractivity contribution in [1.82, 2.24) is 30.0 Å². The lowest BCUT2D eigenvalue weighted by Crippen LogP contribution is -2.11. The minimum absolute atomic E-state index is 0.125. The Hall–Kier alpha value is -4.76. The Morgan fingerprint density at radius 2 is 0.800 bits per heavy atom. The smallest absolute Gasteiger partial charge is 0.200 e. The van der Waals surface area contributed by atoms with E-state index >= 15 is 0 Å². The summed E-state index contributed by atoms with van der Waals surface area (Å²) in [5, 5.41) is 14.9. The number of benzene rings is 3. The second-order valence-corrected chi connectivity index (χ2v) is 8.28. The van der Waals surface area contributed by atoms with Gasteiger partial charge in [0.05, 0.1) is 36.6 Å². The van der Waals surface area contributed by atoms with E-state index in [-0.39, 0.29) is 11.4 Å².